The Morgan fingerprint density at radius 1 is 1.19 bits per heavy atom. The fourth-order valence-electron chi connectivity index (χ4n) is 1.47. The van der Waals surface area contributed by atoms with Crippen LogP contribution in [0.1, 0.15) is 20.8 Å². The smallest absolute Gasteiger partial charge is 0.160 e. The van der Waals surface area contributed by atoms with E-state index in [2.05, 4.69) is 0 Å². The van der Waals surface area contributed by atoms with E-state index < -0.39 is 11.6 Å². The molecule has 0 aliphatic heterocycles. The van der Waals surface area contributed by atoms with Crippen LogP contribution >= 0.6 is 11.3 Å². The molecule has 1 aromatic heterocycles. The van der Waals surface area contributed by atoms with Gasteiger partial charge in [-0.15, -0.1) is 11.3 Å². The number of aldehydes is 1. The molecule has 4 heteroatoms. The third-order valence-corrected chi connectivity index (χ3v) is 3.17. The summed E-state index contributed by atoms with van der Waals surface area (Å²) in [5.41, 5.74) is 1.16. The zero-order valence-electron chi connectivity index (χ0n) is 8.24. The second-order valence-electron chi connectivity index (χ2n) is 3.34. The van der Waals surface area contributed by atoms with Crippen molar-refractivity contribution in [3.8, 4) is 0 Å². The predicted octanol–water partition coefficient (Wildman–Crippen LogP) is 3.43. The Kier molecular flexibility index (Phi) is 3.10. The van der Waals surface area contributed by atoms with E-state index >= 15 is 0 Å². The van der Waals surface area contributed by atoms with Crippen molar-refractivity contribution in [1.82, 2.24) is 0 Å². The zero-order chi connectivity index (χ0) is 11.5. The fourth-order valence-corrected chi connectivity index (χ4v) is 2.19. The lowest BCUT2D eigenvalue weighted by Crippen LogP contribution is -1.94. The van der Waals surface area contributed by atoms with Gasteiger partial charge in [-0.3, -0.25) is 4.79 Å². The topological polar surface area (TPSA) is 17.1 Å². The summed E-state index contributed by atoms with van der Waals surface area (Å²) >= 11 is 1.31. The van der Waals surface area contributed by atoms with Crippen molar-refractivity contribution in [2.24, 2.45) is 0 Å². The van der Waals surface area contributed by atoms with E-state index in [4.69, 9.17) is 0 Å². The number of halogens is 2. The Hall–Kier alpha value is -1.55. The van der Waals surface area contributed by atoms with Gasteiger partial charge in [-0.2, -0.15) is 0 Å². The Bertz CT molecular complexity index is 519. The van der Waals surface area contributed by atoms with Crippen molar-refractivity contribution in [3.05, 3.63) is 57.3 Å². The zero-order valence-corrected chi connectivity index (χ0v) is 9.06. The van der Waals surface area contributed by atoms with Gasteiger partial charge in [-0.25, -0.2) is 8.78 Å². The highest BCUT2D eigenvalue weighted by molar-refractivity contribution is 7.11. The van der Waals surface area contributed by atoms with Crippen LogP contribution in [-0.4, -0.2) is 6.29 Å². The van der Waals surface area contributed by atoms with Gasteiger partial charge in [-0.1, -0.05) is 6.07 Å². The molecule has 2 aromatic rings. The van der Waals surface area contributed by atoms with Crippen LogP contribution in [0.3, 0.4) is 0 Å². The van der Waals surface area contributed by atoms with Crippen LogP contribution in [-0.2, 0) is 6.42 Å². The second-order valence-corrected chi connectivity index (χ2v) is 4.29. The summed E-state index contributed by atoms with van der Waals surface area (Å²) in [6, 6.07) is 5.24. The summed E-state index contributed by atoms with van der Waals surface area (Å²) in [7, 11) is 0. The summed E-state index contributed by atoms with van der Waals surface area (Å²) in [5, 5.41) is 1.78. The Morgan fingerprint density at radius 2 is 2.00 bits per heavy atom. The molecule has 1 heterocycles. The quantitative estimate of drug-likeness (QED) is 0.749. The van der Waals surface area contributed by atoms with Gasteiger partial charge in [0.05, 0.1) is 4.88 Å². The Labute approximate surface area is 95.4 Å². The van der Waals surface area contributed by atoms with E-state index in [0.29, 0.717) is 16.9 Å². The second kappa shape index (κ2) is 4.53. The van der Waals surface area contributed by atoms with Gasteiger partial charge in [0.25, 0.3) is 0 Å². The van der Waals surface area contributed by atoms with Crippen molar-refractivity contribution < 1.29 is 13.6 Å². The van der Waals surface area contributed by atoms with E-state index in [1.807, 2.05) is 0 Å². The number of thiophene rings is 1. The molecule has 16 heavy (non-hydrogen) atoms. The Morgan fingerprint density at radius 3 is 2.69 bits per heavy atom. The van der Waals surface area contributed by atoms with Crippen LogP contribution in [0.15, 0.2) is 29.6 Å². The van der Waals surface area contributed by atoms with Crippen LogP contribution in [0.25, 0.3) is 0 Å². The third-order valence-electron chi connectivity index (χ3n) is 2.28. The van der Waals surface area contributed by atoms with Gasteiger partial charge >= 0.3 is 0 Å². The van der Waals surface area contributed by atoms with Gasteiger partial charge < -0.3 is 0 Å². The minimum absolute atomic E-state index is 0.309. The highest BCUT2D eigenvalue weighted by atomic mass is 32.1. The summed E-state index contributed by atoms with van der Waals surface area (Å²) in [4.78, 5) is 11.3. The van der Waals surface area contributed by atoms with E-state index in [1.54, 1.807) is 11.4 Å². The minimum Gasteiger partial charge on any atom is -0.297 e. The van der Waals surface area contributed by atoms with Crippen molar-refractivity contribution in [3.63, 3.8) is 0 Å². The highest BCUT2D eigenvalue weighted by Gasteiger charge is 2.08. The molecule has 0 N–H and O–H groups in total. The molecule has 0 fully saturated rings. The summed E-state index contributed by atoms with van der Waals surface area (Å²) < 4.78 is 26.0. The van der Waals surface area contributed by atoms with E-state index in [9.17, 15) is 13.6 Å². The lowest BCUT2D eigenvalue weighted by molar-refractivity contribution is 0.112. The van der Waals surface area contributed by atoms with Crippen molar-refractivity contribution in [2.45, 2.75) is 6.42 Å². The molecule has 0 unspecified atom stereocenters. The average molecular weight is 238 g/mol. The number of benzene rings is 1. The van der Waals surface area contributed by atoms with Crippen LogP contribution in [0.5, 0.6) is 0 Å². The number of carbonyl (C=O) groups excluding carboxylic acids is 1. The predicted molar refractivity (Wildman–Crippen MR) is 58.9 cm³/mol. The van der Waals surface area contributed by atoms with Crippen LogP contribution < -0.4 is 0 Å². The van der Waals surface area contributed by atoms with Crippen molar-refractivity contribution in [1.29, 1.82) is 0 Å². The molecule has 0 spiro atoms. The van der Waals surface area contributed by atoms with Gasteiger partial charge in [0.1, 0.15) is 11.6 Å². The molecule has 0 bridgehead atoms. The largest absolute Gasteiger partial charge is 0.297 e. The molecule has 0 atom stereocenters. The number of hydrogen-bond acceptors (Lipinski definition) is 2. The molecule has 0 aliphatic carbocycles. The van der Waals surface area contributed by atoms with Crippen molar-refractivity contribution in [2.75, 3.05) is 0 Å². The monoisotopic (exact) mass is 238 g/mol. The summed E-state index contributed by atoms with van der Waals surface area (Å²) in [6.07, 6.45) is 1.06. The first kappa shape index (κ1) is 11.0. The normalized spacial score (nSPS) is 10.4. The van der Waals surface area contributed by atoms with Gasteiger partial charge in [0.2, 0.25) is 0 Å². The first-order valence-electron chi connectivity index (χ1n) is 4.66. The van der Waals surface area contributed by atoms with Gasteiger partial charge in [0.15, 0.2) is 6.29 Å². The molecule has 1 nitrogen and oxygen atoms in total. The maximum atomic E-state index is 13.4. The summed E-state index contributed by atoms with van der Waals surface area (Å²) in [5.74, 6) is -1.18. The first-order chi connectivity index (χ1) is 7.70. The molecular formula is C12H8F2OS. The maximum Gasteiger partial charge on any atom is 0.160 e. The van der Waals surface area contributed by atoms with Crippen LogP contribution in [0, 0.1) is 11.6 Å². The van der Waals surface area contributed by atoms with Crippen LogP contribution in [0.4, 0.5) is 8.78 Å². The molecule has 82 valence electrons. The van der Waals surface area contributed by atoms with Crippen LogP contribution in [0.2, 0.25) is 0 Å². The highest BCUT2D eigenvalue weighted by Crippen LogP contribution is 2.20. The number of carbonyl (C=O) groups is 1. The van der Waals surface area contributed by atoms with Gasteiger partial charge in [-0.05, 0) is 28.6 Å². The van der Waals surface area contributed by atoms with E-state index in [-0.39, 0.29) is 0 Å². The molecule has 0 radical (unpaired) electrons. The fraction of sp³-hybridized carbons (Fsp3) is 0.0833. The molecule has 0 saturated heterocycles. The average Bonchev–Trinajstić information content (AvgIpc) is 2.69. The number of rotatable bonds is 3. The minimum atomic E-state index is -0.595. The van der Waals surface area contributed by atoms with E-state index in [1.165, 1.54) is 23.5 Å². The molecule has 0 saturated carbocycles. The maximum absolute atomic E-state index is 13.4. The third kappa shape index (κ3) is 2.17. The number of hydrogen-bond donors (Lipinski definition) is 0. The summed E-state index contributed by atoms with van der Waals surface area (Å²) in [6.45, 7) is 0. The standard InChI is InChI=1S/C12H8F2OS/c13-10-2-1-8(11(14)6-10)5-9-3-4-16-12(9)7-15/h1-4,6-7H,5H2. The van der Waals surface area contributed by atoms with Gasteiger partial charge in [0, 0.05) is 12.5 Å². The molecule has 2 rings (SSSR count). The lowest BCUT2D eigenvalue weighted by Gasteiger charge is -2.02. The molecule has 1 aromatic carbocycles. The molecular weight excluding hydrogens is 230 g/mol. The molecule has 0 amide bonds. The van der Waals surface area contributed by atoms with E-state index in [0.717, 1.165) is 17.9 Å². The van der Waals surface area contributed by atoms with Crippen molar-refractivity contribution >= 4 is 17.6 Å². The lowest BCUT2D eigenvalue weighted by atomic mass is 10.1. The molecule has 0 aliphatic rings. The first-order valence-corrected chi connectivity index (χ1v) is 5.54. The Balaban J connectivity index is 2.30. The SMILES string of the molecule is O=Cc1sccc1Cc1ccc(F)cc1F.